The van der Waals surface area contributed by atoms with Gasteiger partial charge >= 0.3 is 6.18 Å². The topological polar surface area (TPSA) is 86.8 Å². The normalized spacial score (nSPS) is 14.5. The first-order chi connectivity index (χ1) is 13.8. The molecule has 1 fully saturated rings. The van der Waals surface area contributed by atoms with Crippen LogP contribution in [0.1, 0.15) is 36.3 Å². The SMILES string of the molecule is Nc1cnc(-c2ccc(C3CCC3)c(Oc3cc(C(F)(F)F)cnn3)c2F)cn1. The highest BCUT2D eigenvalue weighted by molar-refractivity contribution is 5.64. The summed E-state index contributed by atoms with van der Waals surface area (Å²) in [5.41, 5.74) is 5.36. The highest BCUT2D eigenvalue weighted by Gasteiger charge is 2.32. The van der Waals surface area contributed by atoms with Gasteiger partial charge in [0.15, 0.2) is 11.6 Å². The Morgan fingerprint density at radius 2 is 1.86 bits per heavy atom. The van der Waals surface area contributed by atoms with E-state index in [1.54, 1.807) is 12.1 Å². The molecule has 3 aromatic rings. The maximum atomic E-state index is 15.4. The van der Waals surface area contributed by atoms with Crippen molar-refractivity contribution in [3.63, 3.8) is 0 Å². The van der Waals surface area contributed by atoms with Gasteiger partial charge in [-0.1, -0.05) is 12.5 Å². The summed E-state index contributed by atoms with van der Waals surface area (Å²) in [7, 11) is 0. The number of aromatic nitrogens is 4. The largest absolute Gasteiger partial charge is 0.434 e. The van der Waals surface area contributed by atoms with E-state index in [1.807, 2.05) is 0 Å². The van der Waals surface area contributed by atoms with E-state index in [1.165, 1.54) is 12.4 Å². The Kier molecular flexibility index (Phi) is 4.77. The number of hydrogen-bond acceptors (Lipinski definition) is 6. The fourth-order valence-corrected chi connectivity index (χ4v) is 3.05. The number of anilines is 1. The standard InChI is InChI=1S/C19H15F4N5O/c20-17-13(14-8-26-15(24)9-25-14)5-4-12(10-2-1-3-10)18(17)29-16-6-11(7-27-28-16)19(21,22)23/h4-10H,1-3H2,(H2,24,26). The van der Waals surface area contributed by atoms with Crippen molar-refractivity contribution in [2.24, 2.45) is 0 Å². The van der Waals surface area contributed by atoms with E-state index in [2.05, 4.69) is 20.2 Å². The lowest BCUT2D eigenvalue weighted by Crippen LogP contribution is -2.12. The van der Waals surface area contributed by atoms with Crippen LogP contribution in [0.25, 0.3) is 11.3 Å². The van der Waals surface area contributed by atoms with Gasteiger partial charge in [0.2, 0.25) is 5.88 Å². The molecule has 0 aliphatic heterocycles. The molecule has 2 N–H and O–H groups in total. The zero-order chi connectivity index (χ0) is 20.6. The number of benzene rings is 1. The third-order valence-electron chi connectivity index (χ3n) is 4.79. The third kappa shape index (κ3) is 3.82. The lowest BCUT2D eigenvalue weighted by Gasteiger charge is -2.28. The van der Waals surface area contributed by atoms with E-state index in [9.17, 15) is 13.2 Å². The average Bonchev–Trinajstić information content (AvgIpc) is 2.64. The molecule has 1 aliphatic carbocycles. The van der Waals surface area contributed by atoms with Gasteiger partial charge < -0.3 is 10.5 Å². The molecule has 2 heterocycles. The Labute approximate surface area is 162 Å². The van der Waals surface area contributed by atoms with Crippen molar-refractivity contribution in [1.29, 1.82) is 0 Å². The Bertz CT molecular complexity index is 1040. The second-order valence-corrected chi connectivity index (χ2v) is 6.68. The summed E-state index contributed by atoms with van der Waals surface area (Å²) in [4.78, 5) is 7.95. The maximum absolute atomic E-state index is 15.4. The number of nitrogen functional groups attached to an aromatic ring is 1. The first kappa shape index (κ1) is 19.0. The van der Waals surface area contributed by atoms with E-state index in [4.69, 9.17) is 10.5 Å². The van der Waals surface area contributed by atoms with Gasteiger partial charge in [-0.05, 0) is 24.8 Å². The summed E-state index contributed by atoms with van der Waals surface area (Å²) in [6.07, 6.45) is 1.22. The van der Waals surface area contributed by atoms with Crippen LogP contribution < -0.4 is 10.5 Å². The monoisotopic (exact) mass is 405 g/mol. The quantitative estimate of drug-likeness (QED) is 0.632. The Morgan fingerprint density at radius 3 is 2.48 bits per heavy atom. The first-order valence-corrected chi connectivity index (χ1v) is 8.81. The smallest absolute Gasteiger partial charge is 0.418 e. The number of nitrogens with two attached hydrogens (primary N) is 1. The minimum absolute atomic E-state index is 0.0600. The van der Waals surface area contributed by atoms with Crippen LogP contribution in [0.2, 0.25) is 0 Å². The molecule has 1 saturated carbocycles. The fourth-order valence-electron chi connectivity index (χ4n) is 3.05. The molecule has 0 atom stereocenters. The lowest BCUT2D eigenvalue weighted by molar-refractivity contribution is -0.138. The zero-order valence-electron chi connectivity index (χ0n) is 14.9. The third-order valence-corrected chi connectivity index (χ3v) is 4.79. The van der Waals surface area contributed by atoms with E-state index in [0.29, 0.717) is 17.8 Å². The molecule has 2 aromatic heterocycles. The Hall–Kier alpha value is -3.30. The molecule has 0 spiro atoms. The molecule has 29 heavy (non-hydrogen) atoms. The molecule has 6 nitrogen and oxygen atoms in total. The molecule has 150 valence electrons. The second-order valence-electron chi connectivity index (χ2n) is 6.68. The van der Waals surface area contributed by atoms with Gasteiger partial charge in [-0.25, -0.2) is 9.37 Å². The average molecular weight is 405 g/mol. The minimum Gasteiger partial charge on any atom is -0.434 e. The molecule has 1 aliphatic rings. The molecule has 1 aromatic carbocycles. The van der Waals surface area contributed by atoms with E-state index in [-0.39, 0.29) is 28.7 Å². The van der Waals surface area contributed by atoms with Crippen molar-refractivity contribution in [1.82, 2.24) is 20.2 Å². The molecule has 0 radical (unpaired) electrons. The summed E-state index contributed by atoms with van der Waals surface area (Å²) in [6, 6.07) is 3.93. The Morgan fingerprint density at radius 1 is 1.07 bits per heavy atom. The van der Waals surface area contributed by atoms with Crippen LogP contribution in [0, 0.1) is 5.82 Å². The van der Waals surface area contributed by atoms with Crippen molar-refractivity contribution in [2.45, 2.75) is 31.4 Å². The van der Waals surface area contributed by atoms with Gasteiger partial charge in [0, 0.05) is 17.2 Å². The van der Waals surface area contributed by atoms with Crippen LogP contribution >= 0.6 is 0 Å². The molecule has 10 heteroatoms. The number of alkyl halides is 3. The first-order valence-electron chi connectivity index (χ1n) is 8.81. The van der Waals surface area contributed by atoms with Gasteiger partial charge in [0.25, 0.3) is 0 Å². The van der Waals surface area contributed by atoms with Crippen LogP contribution in [0.4, 0.5) is 23.4 Å². The zero-order valence-corrected chi connectivity index (χ0v) is 14.9. The molecule has 4 rings (SSSR count). The van der Waals surface area contributed by atoms with Crippen molar-refractivity contribution >= 4 is 5.82 Å². The molecular weight excluding hydrogens is 390 g/mol. The summed E-state index contributed by atoms with van der Waals surface area (Å²) in [5, 5.41) is 6.89. The predicted molar refractivity (Wildman–Crippen MR) is 95.5 cm³/mol. The van der Waals surface area contributed by atoms with Gasteiger partial charge in [-0.15, -0.1) is 5.10 Å². The van der Waals surface area contributed by atoms with E-state index < -0.39 is 23.4 Å². The maximum Gasteiger partial charge on any atom is 0.418 e. The van der Waals surface area contributed by atoms with Gasteiger partial charge in [0.05, 0.1) is 29.8 Å². The van der Waals surface area contributed by atoms with Crippen LogP contribution in [0.3, 0.4) is 0 Å². The Balaban J connectivity index is 1.78. The van der Waals surface area contributed by atoms with Crippen molar-refractivity contribution in [2.75, 3.05) is 5.73 Å². The molecule has 0 unspecified atom stereocenters. The number of ether oxygens (including phenoxy) is 1. The van der Waals surface area contributed by atoms with Gasteiger partial charge in [0.1, 0.15) is 5.82 Å². The number of hydrogen-bond donors (Lipinski definition) is 1. The molecular formula is C19H15F4N5O. The predicted octanol–water partition coefficient (Wildman–Crippen LogP) is 4.73. The van der Waals surface area contributed by atoms with Crippen molar-refractivity contribution in [3.8, 4) is 22.9 Å². The van der Waals surface area contributed by atoms with E-state index in [0.717, 1.165) is 19.3 Å². The molecule has 0 saturated heterocycles. The second kappa shape index (κ2) is 7.26. The summed E-state index contributed by atoms with van der Waals surface area (Å²) in [6.45, 7) is 0. The van der Waals surface area contributed by atoms with Gasteiger partial charge in [-0.2, -0.15) is 18.3 Å². The molecule has 0 amide bonds. The van der Waals surface area contributed by atoms with Crippen molar-refractivity contribution in [3.05, 3.63) is 53.7 Å². The summed E-state index contributed by atoms with van der Waals surface area (Å²) in [5.74, 6) is -1.15. The number of rotatable bonds is 4. The summed E-state index contributed by atoms with van der Waals surface area (Å²) >= 11 is 0. The van der Waals surface area contributed by atoms with Crippen LogP contribution in [-0.2, 0) is 6.18 Å². The number of nitrogens with zero attached hydrogens (tertiary/aromatic N) is 4. The molecule has 0 bridgehead atoms. The highest BCUT2D eigenvalue weighted by Crippen LogP contribution is 2.45. The fraction of sp³-hybridized carbons (Fsp3) is 0.263. The van der Waals surface area contributed by atoms with Gasteiger partial charge in [-0.3, -0.25) is 4.98 Å². The van der Waals surface area contributed by atoms with E-state index >= 15 is 4.39 Å². The highest BCUT2D eigenvalue weighted by atomic mass is 19.4. The van der Waals surface area contributed by atoms with Crippen LogP contribution in [0.5, 0.6) is 11.6 Å². The minimum atomic E-state index is -4.62. The van der Waals surface area contributed by atoms with Crippen molar-refractivity contribution < 1.29 is 22.3 Å². The lowest BCUT2D eigenvalue weighted by atomic mass is 9.79. The van der Waals surface area contributed by atoms with Crippen LogP contribution in [-0.4, -0.2) is 20.2 Å². The van der Waals surface area contributed by atoms with Crippen LogP contribution in [0.15, 0.2) is 36.8 Å². The summed E-state index contributed by atoms with van der Waals surface area (Å²) < 4.78 is 59.7. The number of halogens is 4.